The summed E-state index contributed by atoms with van der Waals surface area (Å²) in [6, 6.07) is 8.11. The molecule has 7 heteroatoms. The van der Waals surface area contributed by atoms with E-state index in [-0.39, 0.29) is 11.4 Å². The van der Waals surface area contributed by atoms with Crippen LogP contribution in [0, 0.1) is 12.7 Å². The Balaban J connectivity index is 1.66. The van der Waals surface area contributed by atoms with Gasteiger partial charge in [-0.05, 0) is 45.2 Å². The van der Waals surface area contributed by atoms with E-state index in [2.05, 4.69) is 17.3 Å². The SMILES string of the molecule is Cc1cc(=O)c(C(=O)NCCC[NH+]2CCCC[C@H]2C)nn1-c1ccccc1F. The van der Waals surface area contributed by atoms with Gasteiger partial charge in [0, 0.05) is 24.7 Å². The van der Waals surface area contributed by atoms with Gasteiger partial charge in [0.2, 0.25) is 5.43 Å². The van der Waals surface area contributed by atoms with E-state index >= 15 is 0 Å². The van der Waals surface area contributed by atoms with Gasteiger partial charge in [-0.1, -0.05) is 12.1 Å². The quantitative estimate of drug-likeness (QED) is 0.734. The number of hydrogen-bond acceptors (Lipinski definition) is 3. The van der Waals surface area contributed by atoms with Crippen LogP contribution in [0.25, 0.3) is 5.69 Å². The number of rotatable bonds is 6. The Morgan fingerprint density at radius 1 is 1.36 bits per heavy atom. The first-order valence-corrected chi connectivity index (χ1v) is 9.96. The standard InChI is InChI=1S/C21H27FN4O2/c1-15-8-5-6-12-25(15)13-7-11-23-21(28)20-19(27)14-16(2)26(24-20)18-10-4-3-9-17(18)22/h3-4,9-10,14-15H,5-8,11-13H2,1-2H3,(H,23,28)/p+1/t15-/m1/s1. The summed E-state index contributed by atoms with van der Waals surface area (Å²) >= 11 is 0. The van der Waals surface area contributed by atoms with Gasteiger partial charge in [0.25, 0.3) is 5.91 Å². The van der Waals surface area contributed by atoms with E-state index in [9.17, 15) is 14.0 Å². The van der Waals surface area contributed by atoms with Gasteiger partial charge in [0.1, 0.15) is 11.5 Å². The Kier molecular flexibility index (Phi) is 6.57. The fourth-order valence-corrected chi connectivity index (χ4v) is 3.80. The number of likely N-dealkylation sites (tertiary alicyclic amines) is 1. The lowest BCUT2D eigenvalue weighted by atomic mass is 10.0. The summed E-state index contributed by atoms with van der Waals surface area (Å²) in [6.45, 7) is 6.60. The maximum absolute atomic E-state index is 14.1. The lowest BCUT2D eigenvalue weighted by molar-refractivity contribution is -0.928. The van der Waals surface area contributed by atoms with Crippen LogP contribution in [0.4, 0.5) is 4.39 Å². The number of aromatic nitrogens is 2. The Morgan fingerprint density at radius 2 is 2.14 bits per heavy atom. The summed E-state index contributed by atoms with van der Waals surface area (Å²) in [6.07, 6.45) is 4.66. The molecule has 3 rings (SSSR count). The average molecular weight is 387 g/mol. The van der Waals surface area contributed by atoms with E-state index in [1.165, 1.54) is 42.6 Å². The molecule has 6 nitrogen and oxygen atoms in total. The van der Waals surface area contributed by atoms with Crippen LogP contribution in [0.3, 0.4) is 0 Å². The number of carbonyl (C=O) groups excluding carboxylic acids is 1. The van der Waals surface area contributed by atoms with Crippen molar-refractivity contribution in [1.29, 1.82) is 0 Å². The van der Waals surface area contributed by atoms with Gasteiger partial charge in [-0.15, -0.1) is 0 Å². The van der Waals surface area contributed by atoms with Crippen molar-refractivity contribution in [2.24, 2.45) is 0 Å². The molecule has 0 bridgehead atoms. The molecule has 1 fully saturated rings. The summed E-state index contributed by atoms with van der Waals surface area (Å²) in [5.41, 5.74) is -0.00326. The number of amides is 1. The molecule has 1 saturated heterocycles. The molecule has 28 heavy (non-hydrogen) atoms. The number of piperidine rings is 1. The average Bonchev–Trinajstić information content (AvgIpc) is 2.67. The second-order valence-electron chi connectivity index (χ2n) is 7.53. The molecular weight excluding hydrogens is 359 g/mol. The zero-order valence-electron chi connectivity index (χ0n) is 16.5. The van der Waals surface area contributed by atoms with Crippen LogP contribution in [0.2, 0.25) is 0 Å². The Hall–Kier alpha value is -2.54. The zero-order chi connectivity index (χ0) is 20.1. The predicted octanol–water partition coefficient (Wildman–Crippen LogP) is 1.26. The molecule has 2 aromatic rings. The third-order valence-corrected chi connectivity index (χ3v) is 5.45. The normalized spacial score (nSPS) is 19.4. The minimum Gasteiger partial charge on any atom is -0.350 e. The number of benzene rings is 1. The smallest absolute Gasteiger partial charge is 0.275 e. The van der Waals surface area contributed by atoms with Crippen LogP contribution in [-0.2, 0) is 0 Å². The van der Waals surface area contributed by atoms with E-state index < -0.39 is 17.2 Å². The van der Waals surface area contributed by atoms with Crippen LogP contribution in [0.1, 0.15) is 48.8 Å². The molecule has 0 aliphatic carbocycles. The van der Waals surface area contributed by atoms with Crippen LogP contribution >= 0.6 is 0 Å². The minimum atomic E-state index is -0.517. The molecule has 0 spiro atoms. The molecule has 1 aromatic heterocycles. The zero-order valence-corrected chi connectivity index (χ0v) is 16.5. The van der Waals surface area contributed by atoms with Crippen molar-refractivity contribution in [3.8, 4) is 5.69 Å². The van der Waals surface area contributed by atoms with Crippen molar-refractivity contribution in [3.05, 3.63) is 57.8 Å². The van der Waals surface area contributed by atoms with Gasteiger partial charge < -0.3 is 10.2 Å². The van der Waals surface area contributed by atoms with Crippen molar-refractivity contribution in [3.63, 3.8) is 0 Å². The second-order valence-corrected chi connectivity index (χ2v) is 7.53. The number of nitrogens with one attached hydrogen (secondary N) is 2. The molecular formula is C21H28FN4O2+. The molecule has 2 N–H and O–H groups in total. The van der Waals surface area contributed by atoms with Gasteiger partial charge in [0.15, 0.2) is 5.69 Å². The van der Waals surface area contributed by atoms with Crippen molar-refractivity contribution in [2.75, 3.05) is 19.6 Å². The van der Waals surface area contributed by atoms with Crippen molar-refractivity contribution >= 4 is 5.91 Å². The molecule has 0 radical (unpaired) electrons. The monoisotopic (exact) mass is 387 g/mol. The number of nitrogens with zero attached hydrogens (tertiary/aromatic N) is 2. The first kappa shape index (κ1) is 20.2. The molecule has 1 unspecified atom stereocenters. The van der Waals surface area contributed by atoms with Crippen molar-refractivity contribution in [2.45, 2.75) is 45.6 Å². The van der Waals surface area contributed by atoms with Crippen LogP contribution in [0.15, 0.2) is 35.1 Å². The lowest BCUT2D eigenvalue weighted by Crippen LogP contribution is -3.16. The lowest BCUT2D eigenvalue weighted by Gasteiger charge is -2.30. The maximum Gasteiger partial charge on any atom is 0.275 e. The molecule has 150 valence electrons. The van der Waals surface area contributed by atoms with Gasteiger partial charge >= 0.3 is 0 Å². The molecule has 1 aromatic carbocycles. The maximum atomic E-state index is 14.1. The highest BCUT2D eigenvalue weighted by Gasteiger charge is 2.21. The number of hydrogen-bond donors (Lipinski definition) is 2. The van der Waals surface area contributed by atoms with Gasteiger partial charge in [0.05, 0.1) is 19.1 Å². The van der Waals surface area contributed by atoms with Crippen LogP contribution < -0.4 is 15.6 Å². The number of halogens is 1. The number of para-hydroxylation sites is 1. The topological polar surface area (TPSA) is 68.4 Å². The summed E-state index contributed by atoms with van der Waals surface area (Å²) in [4.78, 5) is 26.3. The third kappa shape index (κ3) is 4.65. The Morgan fingerprint density at radius 3 is 2.89 bits per heavy atom. The Bertz CT molecular complexity index is 896. The minimum absolute atomic E-state index is 0.205. The molecule has 1 aliphatic rings. The first-order chi connectivity index (χ1) is 13.5. The summed E-state index contributed by atoms with van der Waals surface area (Å²) in [5, 5.41) is 6.92. The molecule has 2 heterocycles. The summed E-state index contributed by atoms with van der Waals surface area (Å²) in [5.74, 6) is -0.983. The predicted molar refractivity (Wildman–Crippen MR) is 105 cm³/mol. The fourth-order valence-electron chi connectivity index (χ4n) is 3.80. The van der Waals surface area contributed by atoms with E-state index in [0.717, 1.165) is 13.0 Å². The second kappa shape index (κ2) is 9.10. The number of quaternary nitrogens is 1. The van der Waals surface area contributed by atoms with Crippen molar-refractivity contribution in [1.82, 2.24) is 15.1 Å². The summed E-state index contributed by atoms with van der Waals surface area (Å²) in [7, 11) is 0. The molecule has 2 atom stereocenters. The van der Waals surface area contributed by atoms with Gasteiger partial charge in [-0.3, -0.25) is 9.59 Å². The Labute approximate surface area is 164 Å². The van der Waals surface area contributed by atoms with E-state index in [0.29, 0.717) is 18.3 Å². The van der Waals surface area contributed by atoms with E-state index in [4.69, 9.17) is 0 Å². The van der Waals surface area contributed by atoms with Crippen molar-refractivity contribution < 1.29 is 14.1 Å². The van der Waals surface area contributed by atoms with E-state index in [1.807, 2.05) is 0 Å². The largest absolute Gasteiger partial charge is 0.350 e. The molecule has 1 amide bonds. The molecule has 1 aliphatic heterocycles. The van der Waals surface area contributed by atoms with Crippen LogP contribution in [-0.4, -0.2) is 41.4 Å². The highest BCUT2D eigenvalue weighted by Crippen LogP contribution is 2.13. The number of carbonyl (C=O) groups is 1. The first-order valence-electron chi connectivity index (χ1n) is 9.96. The van der Waals surface area contributed by atoms with Gasteiger partial charge in [-0.2, -0.15) is 5.10 Å². The number of aryl methyl sites for hydroxylation is 1. The summed E-state index contributed by atoms with van der Waals surface area (Å²) < 4.78 is 15.4. The molecule has 0 saturated carbocycles. The van der Waals surface area contributed by atoms with Crippen LogP contribution in [0.5, 0.6) is 0 Å². The highest BCUT2D eigenvalue weighted by molar-refractivity contribution is 5.92. The van der Waals surface area contributed by atoms with E-state index in [1.54, 1.807) is 30.0 Å². The highest BCUT2D eigenvalue weighted by atomic mass is 19.1. The fraction of sp³-hybridized carbons (Fsp3) is 0.476. The van der Waals surface area contributed by atoms with Gasteiger partial charge in [-0.25, -0.2) is 9.07 Å². The third-order valence-electron chi connectivity index (χ3n) is 5.45.